The molecule has 3 aliphatic rings. The van der Waals surface area contributed by atoms with E-state index in [1.54, 1.807) is 6.92 Å². The van der Waals surface area contributed by atoms with Gasteiger partial charge in [0.25, 0.3) is 0 Å². The third kappa shape index (κ3) is 2.17. The van der Waals surface area contributed by atoms with E-state index in [1.807, 2.05) is 0 Å². The minimum absolute atomic E-state index is 0.0333. The normalized spacial score (nSPS) is 23.8. The quantitative estimate of drug-likeness (QED) is 0.779. The average molecular weight is 386 g/mol. The Morgan fingerprint density at radius 1 is 1.36 bits per heavy atom. The number of Topliss-reactive ketones (excluding diaryl/α,β-unsaturated/α-hetero) is 1. The summed E-state index contributed by atoms with van der Waals surface area (Å²) in [5, 5.41) is 0. The zero-order valence-electron chi connectivity index (χ0n) is 15.5. The maximum Gasteiger partial charge on any atom is 0.341 e. The summed E-state index contributed by atoms with van der Waals surface area (Å²) in [7, 11) is 1.51. The van der Waals surface area contributed by atoms with Crippen LogP contribution in [0.4, 0.5) is 10.1 Å². The summed E-state index contributed by atoms with van der Waals surface area (Å²) in [5.74, 6) is -2.41. The number of anilines is 1. The number of hydrogen-bond donors (Lipinski definition) is 1. The lowest BCUT2D eigenvalue weighted by atomic mass is 9.64. The molecule has 0 aromatic heterocycles. The van der Waals surface area contributed by atoms with Gasteiger partial charge in [0.1, 0.15) is 22.6 Å². The molecule has 0 saturated heterocycles. The SMILES string of the molecule is CCOC(=O)C1=C(N)OC2=C(C(=O)CCC2)C12C(=O)N(C)c1ccc(F)cc12. The van der Waals surface area contributed by atoms with Crippen LogP contribution >= 0.6 is 0 Å². The van der Waals surface area contributed by atoms with Gasteiger partial charge in [0.05, 0.1) is 12.2 Å². The second kappa shape index (κ2) is 6.19. The lowest BCUT2D eigenvalue weighted by Gasteiger charge is -2.38. The van der Waals surface area contributed by atoms with Crippen LogP contribution < -0.4 is 10.6 Å². The van der Waals surface area contributed by atoms with E-state index in [-0.39, 0.29) is 47.2 Å². The summed E-state index contributed by atoms with van der Waals surface area (Å²) in [5.41, 5.74) is 4.57. The van der Waals surface area contributed by atoms with Crippen molar-refractivity contribution < 1.29 is 28.2 Å². The molecule has 2 aliphatic heterocycles. The number of benzene rings is 1. The van der Waals surface area contributed by atoms with Crippen molar-refractivity contribution in [2.75, 3.05) is 18.6 Å². The van der Waals surface area contributed by atoms with Gasteiger partial charge in [0.2, 0.25) is 11.8 Å². The first-order valence-corrected chi connectivity index (χ1v) is 9.04. The molecule has 1 aromatic carbocycles. The number of carbonyl (C=O) groups excluding carboxylic acids is 3. The molecule has 2 N–H and O–H groups in total. The number of nitrogens with zero attached hydrogens (tertiary/aromatic N) is 1. The number of likely N-dealkylation sites (N-methyl/N-ethyl adjacent to an activating group) is 1. The van der Waals surface area contributed by atoms with Gasteiger partial charge in [0.15, 0.2) is 5.78 Å². The first-order valence-electron chi connectivity index (χ1n) is 9.04. The van der Waals surface area contributed by atoms with E-state index in [2.05, 4.69) is 0 Å². The van der Waals surface area contributed by atoms with Crippen LogP contribution in [0.15, 0.2) is 41.0 Å². The topological polar surface area (TPSA) is 98.9 Å². The van der Waals surface area contributed by atoms with Crippen LogP contribution in [0.1, 0.15) is 31.7 Å². The van der Waals surface area contributed by atoms with Crippen LogP contribution in [-0.2, 0) is 29.3 Å². The van der Waals surface area contributed by atoms with E-state index < -0.39 is 23.1 Å². The van der Waals surface area contributed by atoms with Crippen molar-refractivity contribution in [3.8, 4) is 0 Å². The van der Waals surface area contributed by atoms with Gasteiger partial charge in [0, 0.05) is 31.1 Å². The molecule has 8 heteroatoms. The third-order valence-corrected chi connectivity index (χ3v) is 5.42. The Kier molecular flexibility index (Phi) is 4.02. The van der Waals surface area contributed by atoms with Gasteiger partial charge in [-0.3, -0.25) is 9.59 Å². The number of allylic oxidation sites excluding steroid dienone is 1. The lowest BCUT2D eigenvalue weighted by molar-refractivity contribution is -0.141. The number of ketones is 1. The van der Waals surface area contributed by atoms with Crippen LogP contribution in [0.5, 0.6) is 0 Å². The highest BCUT2D eigenvalue weighted by Gasteiger charge is 2.63. The summed E-state index contributed by atoms with van der Waals surface area (Å²) in [4.78, 5) is 40.7. The number of hydrogen-bond acceptors (Lipinski definition) is 6. The predicted octanol–water partition coefficient (Wildman–Crippen LogP) is 1.81. The van der Waals surface area contributed by atoms with Crippen molar-refractivity contribution in [1.82, 2.24) is 0 Å². The average Bonchev–Trinajstić information content (AvgIpc) is 2.84. The molecule has 2 heterocycles. The number of esters is 1. The number of ether oxygens (including phenoxy) is 2. The van der Waals surface area contributed by atoms with Gasteiger partial charge in [-0.05, 0) is 31.5 Å². The van der Waals surface area contributed by atoms with Crippen molar-refractivity contribution in [2.45, 2.75) is 31.6 Å². The molecule has 0 saturated carbocycles. The molecule has 1 aliphatic carbocycles. The van der Waals surface area contributed by atoms with Crippen LogP contribution in [0.25, 0.3) is 0 Å². The fourth-order valence-electron chi connectivity index (χ4n) is 4.35. The highest BCUT2D eigenvalue weighted by Crippen LogP contribution is 2.55. The van der Waals surface area contributed by atoms with Crippen LogP contribution in [0.3, 0.4) is 0 Å². The van der Waals surface area contributed by atoms with E-state index in [0.717, 1.165) is 0 Å². The van der Waals surface area contributed by atoms with Gasteiger partial charge in [-0.1, -0.05) is 0 Å². The minimum atomic E-state index is -1.87. The Hall–Kier alpha value is -3.16. The largest absolute Gasteiger partial charge is 0.462 e. The van der Waals surface area contributed by atoms with E-state index in [0.29, 0.717) is 18.5 Å². The molecule has 1 spiro atoms. The molecule has 0 fully saturated rings. The summed E-state index contributed by atoms with van der Waals surface area (Å²) >= 11 is 0. The standard InChI is InChI=1S/C20H19FN2O5/c1-3-27-18(25)16-17(22)28-14-6-4-5-13(24)15(14)20(16)11-9-10(21)7-8-12(11)23(2)19(20)26/h7-9H,3-6,22H2,1-2H3. The Bertz CT molecular complexity index is 996. The lowest BCUT2D eigenvalue weighted by Crippen LogP contribution is -2.50. The monoisotopic (exact) mass is 386 g/mol. The number of rotatable bonds is 2. The Morgan fingerprint density at radius 3 is 2.82 bits per heavy atom. The number of nitrogens with two attached hydrogens (primary N) is 1. The molecule has 0 radical (unpaired) electrons. The molecular weight excluding hydrogens is 367 g/mol. The first kappa shape index (κ1) is 18.2. The van der Waals surface area contributed by atoms with Gasteiger partial charge in [-0.15, -0.1) is 0 Å². The zero-order valence-corrected chi connectivity index (χ0v) is 15.5. The molecule has 1 amide bonds. The second-order valence-corrected chi connectivity index (χ2v) is 6.91. The zero-order chi connectivity index (χ0) is 20.2. The molecule has 1 atom stereocenters. The number of fused-ring (bicyclic) bond motifs is 3. The number of halogens is 1. The molecule has 0 bridgehead atoms. The fraction of sp³-hybridized carbons (Fsp3) is 0.350. The Morgan fingerprint density at radius 2 is 2.11 bits per heavy atom. The minimum Gasteiger partial charge on any atom is -0.462 e. The molecule has 1 unspecified atom stereocenters. The number of amides is 1. The van der Waals surface area contributed by atoms with Crippen LogP contribution in [-0.4, -0.2) is 31.3 Å². The molecule has 28 heavy (non-hydrogen) atoms. The molecule has 1 aromatic rings. The van der Waals surface area contributed by atoms with Crippen molar-refractivity contribution >= 4 is 23.3 Å². The first-order chi connectivity index (χ1) is 13.3. The summed E-state index contributed by atoms with van der Waals surface area (Å²) < 4.78 is 25.0. The Labute approximate surface area is 160 Å². The molecule has 146 valence electrons. The van der Waals surface area contributed by atoms with Gasteiger partial charge in [-0.25, -0.2) is 9.18 Å². The maximum absolute atomic E-state index is 14.2. The van der Waals surface area contributed by atoms with Crippen LogP contribution in [0, 0.1) is 5.82 Å². The van der Waals surface area contributed by atoms with E-state index >= 15 is 0 Å². The molecular formula is C20H19FN2O5. The highest BCUT2D eigenvalue weighted by atomic mass is 19.1. The van der Waals surface area contributed by atoms with E-state index in [1.165, 1.54) is 30.1 Å². The highest BCUT2D eigenvalue weighted by molar-refractivity contribution is 6.23. The fourth-order valence-corrected chi connectivity index (χ4v) is 4.35. The van der Waals surface area contributed by atoms with Gasteiger partial charge < -0.3 is 20.1 Å². The smallest absolute Gasteiger partial charge is 0.341 e. The van der Waals surface area contributed by atoms with Crippen molar-refractivity contribution in [3.05, 3.63) is 52.4 Å². The summed E-state index contributed by atoms with van der Waals surface area (Å²) in [6.45, 7) is 1.64. The summed E-state index contributed by atoms with van der Waals surface area (Å²) in [6.07, 6.45) is 1.12. The van der Waals surface area contributed by atoms with Gasteiger partial charge in [-0.2, -0.15) is 0 Å². The van der Waals surface area contributed by atoms with Crippen molar-refractivity contribution in [3.63, 3.8) is 0 Å². The maximum atomic E-state index is 14.2. The predicted molar refractivity (Wildman–Crippen MR) is 96.3 cm³/mol. The summed E-state index contributed by atoms with van der Waals surface area (Å²) in [6, 6.07) is 3.83. The molecule has 7 nitrogen and oxygen atoms in total. The number of carbonyl (C=O) groups is 3. The van der Waals surface area contributed by atoms with Crippen LogP contribution in [0.2, 0.25) is 0 Å². The second-order valence-electron chi connectivity index (χ2n) is 6.91. The Balaban J connectivity index is 2.12. The molecule has 4 rings (SSSR count). The van der Waals surface area contributed by atoms with Gasteiger partial charge >= 0.3 is 5.97 Å². The third-order valence-electron chi connectivity index (χ3n) is 5.42. The van der Waals surface area contributed by atoms with E-state index in [9.17, 15) is 18.8 Å². The van der Waals surface area contributed by atoms with Crippen molar-refractivity contribution in [1.29, 1.82) is 0 Å². The van der Waals surface area contributed by atoms with E-state index in [4.69, 9.17) is 15.2 Å². The van der Waals surface area contributed by atoms with Crippen molar-refractivity contribution in [2.24, 2.45) is 5.73 Å².